The molecule has 9 heteroatoms. The summed E-state index contributed by atoms with van der Waals surface area (Å²) in [6, 6.07) is 7.47. The Kier molecular flexibility index (Phi) is 4.65. The van der Waals surface area contributed by atoms with E-state index in [0.29, 0.717) is 12.1 Å². The second-order valence-corrected chi connectivity index (χ2v) is 7.19. The first-order valence-electron chi connectivity index (χ1n) is 7.61. The van der Waals surface area contributed by atoms with Crippen LogP contribution in [0.2, 0.25) is 0 Å². The van der Waals surface area contributed by atoms with Crippen LogP contribution >= 0.6 is 0 Å². The Bertz CT molecular complexity index is 819. The van der Waals surface area contributed by atoms with Crippen LogP contribution in [0.25, 0.3) is 0 Å². The highest BCUT2D eigenvalue weighted by Gasteiger charge is 2.13. The van der Waals surface area contributed by atoms with Gasteiger partial charge in [0, 0.05) is 18.7 Å². The average molecular weight is 349 g/mol. The third-order valence-electron chi connectivity index (χ3n) is 3.82. The third-order valence-corrected chi connectivity index (χ3v) is 4.75. The van der Waals surface area contributed by atoms with Crippen LogP contribution in [0, 0.1) is 0 Å². The van der Waals surface area contributed by atoms with Crippen LogP contribution in [0.1, 0.15) is 28.2 Å². The molecule has 8 nitrogen and oxygen atoms in total. The Balaban J connectivity index is 1.63. The molecule has 1 aromatic heterocycles. The molecule has 3 rings (SSSR count). The van der Waals surface area contributed by atoms with E-state index in [1.165, 1.54) is 24.3 Å². The zero-order valence-corrected chi connectivity index (χ0v) is 13.8. The lowest BCUT2D eigenvalue weighted by molar-refractivity contribution is 0.0950. The molecule has 0 spiro atoms. The van der Waals surface area contributed by atoms with E-state index in [4.69, 9.17) is 5.14 Å². The fourth-order valence-electron chi connectivity index (χ4n) is 2.58. The third kappa shape index (κ3) is 3.81. The summed E-state index contributed by atoms with van der Waals surface area (Å²) in [6.07, 6.45) is 1.02. The zero-order chi connectivity index (χ0) is 17.2. The number of nitrogens with one attached hydrogen (secondary N) is 2. The van der Waals surface area contributed by atoms with Gasteiger partial charge in [0.05, 0.1) is 22.8 Å². The predicted molar refractivity (Wildman–Crippen MR) is 87.5 cm³/mol. The SMILES string of the molecule is NS(=O)(=O)c1ccc(C(=O)NCc2cc3n(n2)CCCNC3)cc1. The number of carbonyl (C=O) groups is 1. The second kappa shape index (κ2) is 6.71. The van der Waals surface area contributed by atoms with E-state index in [0.717, 1.165) is 37.4 Å². The Morgan fingerprint density at radius 2 is 2.08 bits per heavy atom. The van der Waals surface area contributed by atoms with Gasteiger partial charge < -0.3 is 10.6 Å². The number of amides is 1. The molecular weight excluding hydrogens is 330 g/mol. The number of nitrogens with two attached hydrogens (primary N) is 1. The lowest BCUT2D eigenvalue weighted by Crippen LogP contribution is -2.23. The number of aromatic nitrogens is 2. The molecule has 0 unspecified atom stereocenters. The largest absolute Gasteiger partial charge is 0.346 e. The van der Waals surface area contributed by atoms with E-state index >= 15 is 0 Å². The van der Waals surface area contributed by atoms with Gasteiger partial charge in [-0.25, -0.2) is 13.6 Å². The molecule has 2 aromatic rings. The molecule has 1 aliphatic rings. The molecule has 0 aliphatic carbocycles. The van der Waals surface area contributed by atoms with Crippen LogP contribution in [0.5, 0.6) is 0 Å². The highest BCUT2D eigenvalue weighted by molar-refractivity contribution is 7.89. The Morgan fingerprint density at radius 1 is 1.33 bits per heavy atom. The van der Waals surface area contributed by atoms with Gasteiger partial charge in [-0.1, -0.05) is 0 Å². The van der Waals surface area contributed by atoms with Crippen LogP contribution < -0.4 is 15.8 Å². The van der Waals surface area contributed by atoms with Crippen molar-refractivity contribution >= 4 is 15.9 Å². The number of benzene rings is 1. The van der Waals surface area contributed by atoms with Gasteiger partial charge in [0.2, 0.25) is 10.0 Å². The second-order valence-electron chi connectivity index (χ2n) is 5.63. The predicted octanol–water partition coefficient (Wildman–Crippen LogP) is -0.0462. The van der Waals surface area contributed by atoms with Gasteiger partial charge >= 0.3 is 0 Å². The van der Waals surface area contributed by atoms with Crippen molar-refractivity contribution in [3.05, 3.63) is 47.3 Å². The molecule has 0 atom stereocenters. The molecule has 1 amide bonds. The molecule has 0 radical (unpaired) electrons. The van der Waals surface area contributed by atoms with Gasteiger partial charge in [-0.3, -0.25) is 9.48 Å². The smallest absolute Gasteiger partial charge is 0.251 e. The molecule has 1 aliphatic heterocycles. The summed E-state index contributed by atoms with van der Waals surface area (Å²) in [5.74, 6) is -0.294. The first-order chi connectivity index (χ1) is 11.4. The summed E-state index contributed by atoms with van der Waals surface area (Å²) in [4.78, 5) is 12.1. The van der Waals surface area contributed by atoms with Gasteiger partial charge in [0.25, 0.3) is 5.91 Å². The van der Waals surface area contributed by atoms with Gasteiger partial charge in [0.15, 0.2) is 0 Å². The van der Waals surface area contributed by atoms with Crippen LogP contribution in [0.4, 0.5) is 0 Å². The summed E-state index contributed by atoms with van der Waals surface area (Å²) in [6.45, 7) is 2.93. The van der Waals surface area contributed by atoms with Gasteiger partial charge in [-0.15, -0.1) is 0 Å². The molecular formula is C15H19N5O3S. The maximum atomic E-state index is 12.1. The van der Waals surface area contributed by atoms with Gasteiger partial charge in [-0.05, 0) is 43.3 Å². The van der Waals surface area contributed by atoms with E-state index in [9.17, 15) is 13.2 Å². The van der Waals surface area contributed by atoms with Crippen molar-refractivity contribution in [2.24, 2.45) is 5.14 Å². The van der Waals surface area contributed by atoms with Gasteiger partial charge in [0.1, 0.15) is 0 Å². The van der Waals surface area contributed by atoms with Crippen molar-refractivity contribution in [2.75, 3.05) is 6.54 Å². The molecule has 0 saturated carbocycles. The number of nitrogens with zero attached hydrogens (tertiary/aromatic N) is 2. The molecule has 0 fully saturated rings. The molecule has 128 valence electrons. The molecule has 24 heavy (non-hydrogen) atoms. The van der Waals surface area contributed by atoms with Crippen molar-refractivity contribution in [1.29, 1.82) is 0 Å². The number of primary sulfonamides is 1. The fourth-order valence-corrected chi connectivity index (χ4v) is 3.09. The topological polar surface area (TPSA) is 119 Å². The van der Waals surface area contributed by atoms with Crippen molar-refractivity contribution in [3.63, 3.8) is 0 Å². The van der Waals surface area contributed by atoms with E-state index in [2.05, 4.69) is 15.7 Å². The van der Waals surface area contributed by atoms with Crippen LogP contribution in [-0.4, -0.2) is 30.7 Å². The number of hydrogen-bond acceptors (Lipinski definition) is 5. The number of fused-ring (bicyclic) bond motifs is 1. The lowest BCUT2D eigenvalue weighted by atomic mass is 10.2. The average Bonchev–Trinajstić information content (AvgIpc) is 2.81. The van der Waals surface area contributed by atoms with Crippen LogP contribution in [0.15, 0.2) is 35.2 Å². The summed E-state index contributed by atoms with van der Waals surface area (Å²) in [5, 5.41) is 15.6. The Labute approximate surface area is 140 Å². The Morgan fingerprint density at radius 3 is 2.79 bits per heavy atom. The van der Waals surface area contributed by atoms with Crippen LogP contribution in [-0.2, 0) is 29.7 Å². The van der Waals surface area contributed by atoms with Crippen LogP contribution in [0.3, 0.4) is 0 Å². The number of aryl methyl sites for hydroxylation is 1. The highest BCUT2D eigenvalue weighted by Crippen LogP contribution is 2.10. The molecule has 1 aromatic carbocycles. The fraction of sp³-hybridized carbons (Fsp3) is 0.333. The molecule has 0 saturated heterocycles. The van der Waals surface area contributed by atoms with E-state index in [1.807, 2.05) is 10.7 Å². The molecule has 2 heterocycles. The summed E-state index contributed by atoms with van der Waals surface area (Å²) >= 11 is 0. The summed E-state index contributed by atoms with van der Waals surface area (Å²) in [7, 11) is -3.76. The van der Waals surface area contributed by atoms with E-state index in [-0.39, 0.29) is 10.8 Å². The standard InChI is InChI=1S/C15H19N5O3S/c16-24(22,23)14-4-2-11(3-5-14)15(21)18-9-12-8-13-10-17-6-1-7-20(13)19-12/h2-5,8,17H,1,6-7,9-10H2,(H,18,21)(H2,16,22,23). The summed E-state index contributed by atoms with van der Waals surface area (Å²) < 4.78 is 24.4. The summed E-state index contributed by atoms with van der Waals surface area (Å²) in [5.41, 5.74) is 2.27. The minimum absolute atomic E-state index is 0.0237. The minimum Gasteiger partial charge on any atom is -0.346 e. The first kappa shape index (κ1) is 16.6. The monoisotopic (exact) mass is 349 g/mol. The quantitative estimate of drug-likeness (QED) is 0.715. The number of hydrogen-bond donors (Lipinski definition) is 3. The molecule has 0 bridgehead atoms. The van der Waals surface area contributed by atoms with Crippen molar-refractivity contribution in [3.8, 4) is 0 Å². The van der Waals surface area contributed by atoms with Crippen molar-refractivity contribution < 1.29 is 13.2 Å². The maximum Gasteiger partial charge on any atom is 0.251 e. The van der Waals surface area contributed by atoms with Crippen molar-refractivity contribution in [1.82, 2.24) is 20.4 Å². The van der Waals surface area contributed by atoms with Gasteiger partial charge in [-0.2, -0.15) is 5.10 Å². The highest BCUT2D eigenvalue weighted by atomic mass is 32.2. The van der Waals surface area contributed by atoms with Crippen molar-refractivity contribution in [2.45, 2.75) is 31.0 Å². The maximum absolute atomic E-state index is 12.1. The minimum atomic E-state index is -3.76. The van der Waals surface area contributed by atoms with E-state index < -0.39 is 10.0 Å². The molecule has 4 N–H and O–H groups in total. The first-order valence-corrected chi connectivity index (χ1v) is 9.15. The Hall–Kier alpha value is -2.23. The number of carbonyl (C=O) groups excluding carboxylic acids is 1. The zero-order valence-electron chi connectivity index (χ0n) is 13.0. The van der Waals surface area contributed by atoms with E-state index in [1.54, 1.807) is 0 Å². The lowest BCUT2D eigenvalue weighted by Gasteiger charge is -2.04. The number of rotatable bonds is 4. The number of sulfonamides is 1. The normalized spacial score (nSPS) is 14.7.